The monoisotopic (exact) mass is 182 g/mol. The Kier molecular flexibility index (Phi) is 2.79. The van der Waals surface area contributed by atoms with Crippen molar-refractivity contribution in [1.29, 1.82) is 0 Å². The van der Waals surface area contributed by atoms with Crippen LogP contribution in [0.2, 0.25) is 0 Å². The number of nitrogens with one attached hydrogen (secondary N) is 1. The summed E-state index contributed by atoms with van der Waals surface area (Å²) in [6.07, 6.45) is 0. The molecule has 0 aliphatic carbocycles. The zero-order chi connectivity index (χ0) is 9.84. The Morgan fingerprint density at radius 3 is 3.00 bits per heavy atom. The molecule has 0 atom stereocenters. The number of hydrogen-bond donors (Lipinski definition) is 1. The van der Waals surface area contributed by atoms with Gasteiger partial charge in [-0.15, -0.1) is 0 Å². The standard InChI is InChI=1S/C8H10N2O3/c1-3-13-8(12)6-4-7(11)10-9-5(6)2/h4H,3H2,1-2H3,(H,10,11). The molecule has 5 nitrogen and oxygen atoms in total. The van der Waals surface area contributed by atoms with Crippen molar-refractivity contribution in [3.8, 4) is 0 Å². The van der Waals surface area contributed by atoms with Crippen molar-refractivity contribution in [2.45, 2.75) is 13.8 Å². The number of ether oxygens (including phenoxy) is 1. The highest BCUT2D eigenvalue weighted by Gasteiger charge is 2.11. The van der Waals surface area contributed by atoms with Crippen LogP contribution in [0, 0.1) is 6.92 Å². The highest BCUT2D eigenvalue weighted by molar-refractivity contribution is 5.90. The van der Waals surface area contributed by atoms with Crippen LogP contribution in [0.15, 0.2) is 10.9 Å². The van der Waals surface area contributed by atoms with E-state index in [4.69, 9.17) is 4.74 Å². The molecule has 1 N–H and O–H groups in total. The maximum absolute atomic E-state index is 11.2. The van der Waals surface area contributed by atoms with Crippen molar-refractivity contribution < 1.29 is 9.53 Å². The molecule has 0 saturated heterocycles. The highest BCUT2D eigenvalue weighted by atomic mass is 16.5. The molecule has 0 aliphatic rings. The van der Waals surface area contributed by atoms with Gasteiger partial charge in [0.05, 0.1) is 17.9 Å². The smallest absolute Gasteiger partial charge is 0.340 e. The largest absolute Gasteiger partial charge is 0.462 e. The van der Waals surface area contributed by atoms with Crippen LogP contribution in [0.3, 0.4) is 0 Å². The summed E-state index contributed by atoms with van der Waals surface area (Å²) in [7, 11) is 0. The Morgan fingerprint density at radius 2 is 2.38 bits per heavy atom. The topological polar surface area (TPSA) is 72.1 Å². The SMILES string of the molecule is CCOC(=O)c1cc(=O)[nH]nc1C. The van der Waals surface area contributed by atoms with Crippen molar-refractivity contribution in [3.05, 3.63) is 27.7 Å². The van der Waals surface area contributed by atoms with E-state index in [0.29, 0.717) is 5.69 Å². The third-order valence-electron chi connectivity index (χ3n) is 1.49. The van der Waals surface area contributed by atoms with E-state index in [2.05, 4.69) is 10.2 Å². The average Bonchev–Trinajstić information content (AvgIpc) is 2.09. The van der Waals surface area contributed by atoms with Gasteiger partial charge >= 0.3 is 5.97 Å². The van der Waals surface area contributed by atoms with E-state index >= 15 is 0 Å². The zero-order valence-corrected chi connectivity index (χ0v) is 7.46. The minimum absolute atomic E-state index is 0.214. The first-order valence-corrected chi connectivity index (χ1v) is 3.88. The Balaban J connectivity index is 3.06. The van der Waals surface area contributed by atoms with Gasteiger partial charge in [0.1, 0.15) is 0 Å². The minimum atomic E-state index is -0.515. The van der Waals surface area contributed by atoms with Crippen LogP contribution < -0.4 is 5.56 Å². The fourth-order valence-corrected chi connectivity index (χ4v) is 0.882. The summed E-state index contributed by atoms with van der Waals surface area (Å²) in [5.74, 6) is -0.515. The van der Waals surface area contributed by atoms with Gasteiger partial charge < -0.3 is 4.74 Å². The maximum Gasteiger partial charge on any atom is 0.340 e. The van der Waals surface area contributed by atoms with Gasteiger partial charge in [0.2, 0.25) is 0 Å². The molecule has 0 aromatic carbocycles. The number of aromatic amines is 1. The summed E-state index contributed by atoms with van der Waals surface area (Å²) in [5, 5.41) is 5.87. The maximum atomic E-state index is 11.2. The van der Waals surface area contributed by atoms with Crippen LogP contribution >= 0.6 is 0 Å². The summed E-state index contributed by atoms with van der Waals surface area (Å²) in [4.78, 5) is 22.0. The molecule has 1 aromatic heterocycles. The molecule has 13 heavy (non-hydrogen) atoms. The summed E-state index contributed by atoms with van der Waals surface area (Å²) in [6, 6.07) is 1.18. The fraction of sp³-hybridized carbons (Fsp3) is 0.375. The third-order valence-corrected chi connectivity index (χ3v) is 1.49. The van der Waals surface area contributed by atoms with Gasteiger partial charge in [0, 0.05) is 6.07 Å². The van der Waals surface area contributed by atoms with Crippen molar-refractivity contribution >= 4 is 5.97 Å². The second kappa shape index (κ2) is 3.84. The second-order valence-electron chi connectivity index (χ2n) is 2.45. The molecule has 0 radical (unpaired) electrons. The molecular weight excluding hydrogens is 172 g/mol. The number of carbonyl (C=O) groups excluding carboxylic acids is 1. The highest BCUT2D eigenvalue weighted by Crippen LogP contribution is 2.01. The van der Waals surface area contributed by atoms with Crippen molar-refractivity contribution in [2.75, 3.05) is 6.61 Å². The van der Waals surface area contributed by atoms with E-state index < -0.39 is 11.5 Å². The molecule has 0 aliphatic heterocycles. The molecule has 1 aromatic rings. The molecule has 1 rings (SSSR count). The van der Waals surface area contributed by atoms with Gasteiger partial charge in [0.25, 0.3) is 5.56 Å². The zero-order valence-electron chi connectivity index (χ0n) is 7.46. The van der Waals surface area contributed by atoms with E-state index in [9.17, 15) is 9.59 Å². The molecule has 0 saturated carbocycles. The molecule has 0 amide bonds. The Hall–Kier alpha value is -1.65. The van der Waals surface area contributed by atoms with Crippen molar-refractivity contribution in [2.24, 2.45) is 0 Å². The quantitative estimate of drug-likeness (QED) is 0.665. The summed E-state index contributed by atoms with van der Waals surface area (Å²) >= 11 is 0. The van der Waals surface area contributed by atoms with Crippen LogP contribution in [0.5, 0.6) is 0 Å². The van der Waals surface area contributed by atoms with Gasteiger partial charge in [-0.25, -0.2) is 9.89 Å². The van der Waals surface area contributed by atoms with Gasteiger partial charge in [-0.2, -0.15) is 5.10 Å². The number of hydrogen-bond acceptors (Lipinski definition) is 4. The first kappa shape index (κ1) is 9.44. The molecule has 0 unspecified atom stereocenters. The van der Waals surface area contributed by atoms with Gasteiger partial charge in [0.15, 0.2) is 0 Å². The summed E-state index contributed by atoms with van der Waals surface area (Å²) in [5.41, 5.74) is 0.261. The van der Waals surface area contributed by atoms with Crippen molar-refractivity contribution in [3.63, 3.8) is 0 Å². The molecule has 70 valence electrons. The van der Waals surface area contributed by atoms with E-state index in [1.165, 1.54) is 6.07 Å². The first-order chi connectivity index (χ1) is 6.15. The predicted octanol–water partition coefficient (Wildman–Crippen LogP) is 0.255. The first-order valence-electron chi connectivity index (χ1n) is 3.88. The molecule has 0 fully saturated rings. The number of carbonyl (C=O) groups is 1. The average molecular weight is 182 g/mol. The van der Waals surface area contributed by atoms with Crippen LogP contribution in [-0.4, -0.2) is 22.8 Å². The van der Waals surface area contributed by atoms with Crippen LogP contribution in [0.1, 0.15) is 23.0 Å². The van der Waals surface area contributed by atoms with E-state index in [1.807, 2.05) is 0 Å². The van der Waals surface area contributed by atoms with E-state index in [1.54, 1.807) is 13.8 Å². The predicted molar refractivity (Wildman–Crippen MR) is 45.6 cm³/mol. The molecule has 1 heterocycles. The van der Waals surface area contributed by atoms with Gasteiger partial charge in [-0.05, 0) is 13.8 Å². The molecule has 0 spiro atoms. The van der Waals surface area contributed by atoms with Gasteiger partial charge in [-0.3, -0.25) is 4.79 Å². The molecule has 0 bridgehead atoms. The number of aromatic nitrogens is 2. The number of rotatable bonds is 2. The summed E-state index contributed by atoms with van der Waals surface area (Å²) < 4.78 is 4.73. The lowest BCUT2D eigenvalue weighted by Gasteiger charge is -2.02. The van der Waals surface area contributed by atoms with Crippen molar-refractivity contribution in [1.82, 2.24) is 10.2 Å². The van der Waals surface area contributed by atoms with E-state index in [-0.39, 0.29) is 12.2 Å². The number of nitrogens with zero attached hydrogens (tertiary/aromatic N) is 1. The van der Waals surface area contributed by atoms with Crippen LogP contribution in [0.25, 0.3) is 0 Å². The lowest BCUT2D eigenvalue weighted by atomic mass is 10.2. The van der Waals surface area contributed by atoms with Crippen LogP contribution in [0.4, 0.5) is 0 Å². The second-order valence-corrected chi connectivity index (χ2v) is 2.45. The Bertz CT molecular complexity index is 370. The molecule has 5 heteroatoms. The summed E-state index contributed by atoms with van der Waals surface area (Å²) in [6.45, 7) is 3.61. The lowest BCUT2D eigenvalue weighted by molar-refractivity contribution is 0.0524. The number of H-pyrrole nitrogens is 1. The molecular formula is C8H10N2O3. The normalized spacial score (nSPS) is 9.69. The third kappa shape index (κ3) is 2.14. The number of aryl methyl sites for hydroxylation is 1. The van der Waals surface area contributed by atoms with Crippen LogP contribution in [-0.2, 0) is 4.74 Å². The Labute approximate surface area is 74.7 Å². The minimum Gasteiger partial charge on any atom is -0.462 e. The fourth-order valence-electron chi connectivity index (χ4n) is 0.882. The number of esters is 1. The Morgan fingerprint density at radius 1 is 1.69 bits per heavy atom. The lowest BCUT2D eigenvalue weighted by Crippen LogP contribution is -2.15. The van der Waals surface area contributed by atoms with Gasteiger partial charge in [-0.1, -0.05) is 0 Å². The van der Waals surface area contributed by atoms with E-state index in [0.717, 1.165) is 0 Å².